The van der Waals surface area contributed by atoms with Crippen LogP contribution in [0.2, 0.25) is 50.5 Å². The second-order valence-electron chi connectivity index (χ2n) is 11.8. The zero-order valence-corrected chi connectivity index (χ0v) is 36.0. The Morgan fingerprint density at radius 3 is 1.98 bits per heavy atom. The predicted octanol–water partition coefficient (Wildman–Crippen LogP) is 7.97. The molecule has 11 heteroatoms. The highest BCUT2D eigenvalue weighted by atomic mass is 28.4. The fourth-order valence-electron chi connectivity index (χ4n) is 4.38. The van der Waals surface area contributed by atoms with Gasteiger partial charge in [-0.25, -0.2) is 0 Å². The molecule has 2 aromatic carbocycles. The van der Waals surface area contributed by atoms with Crippen LogP contribution in [-0.2, 0) is 17.1 Å². The van der Waals surface area contributed by atoms with E-state index in [1.807, 2.05) is 62.6 Å². The van der Waals surface area contributed by atoms with Gasteiger partial charge < -0.3 is 21.8 Å². The third kappa shape index (κ3) is 22.7. The van der Waals surface area contributed by atoms with E-state index < -0.39 is 26.2 Å². The number of unbranched alkanes of at least 4 members (excludes halogenated alkanes) is 4. The normalized spacial score (nSPS) is 12.4. The Morgan fingerprint density at radius 2 is 1.47 bits per heavy atom. The molecule has 6 nitrogen and oxygen atoms in total. The summed E-state index contributed by atoms with van der Waals surface area (Å²) in [5, 5.41) is 0. The first-order valence-corrected chi connectivity index (χ1v) is 28.6. The van der Waals surface area contributed by atoms with Gasteiger partial charge in [0.1, 0.15) is 15.5 Å². The summed E-state index contributed by atoms with van der Waals surface area (Å²) < 4.78 is 27.9. The molecular formula is C34H64O6Si5. The zero-order chi connectivity index (χ0) is 34.0. The van der Waals surface area contributed by atoms with Crippen molar-refractivity contribution in [1.82, 2.24) is 0 Å². The Morgan fingerprint density at radius 1 is 0.867 bits per heavy atom. The topological polar surface area (TPSA) is 63.2 Å². The number of carbonyl (C=O) groups excluding carboxylic acids is 1. The van der Waals surface area contributed by atoms with Gasteiger partial charge in [-0.3, -0.25) is 4.79 Å². The molecule has 0 saturated heterocycles. The van der Waals surface area contributed by atoms with Crippen LogP contribution in [0.25, 0.3) is 0 Å². The lowest BCUT2D eigenvalue weighted by atomic mass is 10.0. The van der Waals surface area contributed by atoms with Crippen LogP contribution in [-0.4, -0.2) is 72.1 Å². The van der Waals surface area contributed by atoms with E-state index in [0.717, 1.165) is 5.75 Å². The quantitative estimate of drug-likeness (QED) is 0.0568. The van der Waals surface area contributed by atoms with Gasteiger partial charge >= 0.3 is 17.1 Å². The van der Waals surface area contributed by atoms with Crippen LogP contribution in [0, 0.1) is 0 Å². The molecule has 0 radical (unpaired) electrons. The maximum absolute atomic E-state index is 12.1. The van der Waals surface area contributed by atoms with Crippen molar-refractivity contribution in [3.05, 3.63) is 78.4 Å². The van der Waals surface area contributed by atoms with Crippen molar-refractivity contribution in [1.29, 1.82) is 0 Å². The van der Waals surface area contributed by atoms with Gasteiger partial charge in [0.15, 0.2) is 14.8 Å². The standard InChI is InChI=1S/C15H36O2Si3.C15H14O2.C4H14O2Si2/c1-6-8-9-10-11-12-14-19(15-18-13-7-2)17-20(4,5)16-3;1-2-17-14-10-8-13(9-11-14)15(16)12-6-4-3-5-7-12;1-5-8(3,4)6-7-2/h6,19H,1,7-15,18H2,2-5H3;3-11H,2H2,1H3;7H2,1-4H3. The van der Waals surface area contributed by atoms with Gasteiger partial charge in [-0.05, 0) is 81.9 Å². The summed E-state index contributed by atoms with van der Waals surface area (Å²) in [6, 6.07) is 19.3. The molecule has 0 aliphatic carbocycles. The molecule has 0 heterocycles. The highest BCUT2D eigenvalue weighted by Crippen LogP contribution is 2.17. The lowest BCUT2D eigenvalue weighted by molar-refractivity contribution is 0.103. The molecule has 0 aliphatic heterocycles. The van der Waals surface area contributed by atoms with Crippen LogP contribution in [0.15, 0.2) is 67.3 Å². The largest absolute Gasteiger partial charge is 0.494 e. The van der Waals surface area contributed by atoms with Crippen molar-refractivity contribution in [3.8, 4) is 5.75 Å². The average molecular weight is 709 g/mol. The van der Waals surface area contributed by atoms with Gasteiger partial charge in [-0.1, -0.05) is 81.6 Å². The summed E-state index contributed by atoms with van der Waals surface area (Å²) in [6.07, 6.45) is 9.95. The number of benzene rings is 2. The molecule has 1 unspecified atom stereocenters. The Hall–Kier alpha value is -1.43. The molecule has 0 spiro atoms. The van der Waals surface area contributed by atoms with Gasteiger partial charge in [0.2, 0.25) is 0 Å². The van der Waals surface area contributed by atoms with E-state index in [4.69, 9.17) is 21.8 Å². The van der Waals surface area contributed by atoms with E-state index in [1.54, 1.807) is 19.2 Å². The summed E-state index contributed by atoms with van der Waals surface area (Å²) >= 11 is 0. The molecular weight excluding hydrogens is 645 g/mol. The summed E-state index contributed by atoms with van der Waals surface area (Å²) in [7, 11) is -1.02. The predicted molar refractivity (Wildman–Crippen MR) is 207 cm³/mol. The van der Waals surface area contributed by atoms with Gasteiger partial charge in [0.05, 0.1) is 6.61 Å². The van der Waals surface area contributed by atoms with E-state index in [0.29, 0.717) is 17.7 Å². The van der Waals surface area contributed by atoms with E-state index in [1.165, 1.54) is 56.3 Å². The number of carbonyl (C=O) groups is 1. The lowest BCUT2D eigenvalue weighted by Crippen LogP contribution is -2.40. The van der Waals surface area contributed by atoms with Crippen LogP contribution in [0.3, 0.4) is 0 Å². The van der Waals surface area contributed by atoms with Crippen molar-refractivity contribution in [2.75, 3.05) is 20.8 Å². The van der Waals surface area contributed by atoms with E-state index in [-0.39, 0.29) is 25.1 Å². The number of hydrogen-bond acceptors (Lipinski definition) is 6. The van der Waals surface area contributed by atoms with E-state index in [9.17, 15) is 4.79 Å². The first-order chi connectivity index (χ1) is 21.5. The molecule has 1 atom stereocenters. The smallest absolute Gasteiger partial charge is 0.320 e. The number of ether oxygens (including phenoxy) is 1. The number of ketones is 1. The summed E-state index contributed by atoms with van der Waals surface area (Å²) in [6.45, 7) is 19.3. The highest BCUT2D eigenvalue weighted by molar-refractivity contribution is 6.77. The van der Waals surface area contributed by atoms with Gasteiger partial charge in [-0.2, -0.15) is 0 Å². The Kier molecular flexibility index (Phi) is 25.8. The molecule has 2 aromatic rings. The van der Waals surface area contributed by atoms with Crippen molar-refractivity contribution < 1.29 is 26.6 Å². The fourth-order valence-corrected chi connectivity index (χ4v) is 18.6. The van der Waals surface area contributed by atoms with E-state index >= 15 is 0 Å². The second-order valence-corrected chi connectivity index (χ2v) is 26.4. The van der Waals surface area contributed by atoms with Gasteiger partial charge in [0.25, 0.3) is 0 Å². The van der Waals surface area contributed by atoms with Crippen LogP contribution in [0.4, 0.5) is 0 Å². The van der Waals surface area contributed by atoms with Crippen LogP contribution in [0.5, 0.6) is 5.75 Å². The Balaban J connectivity index is 0.000000701. The number of allylic oxidation sites excluding steroid dienone is 1. The molecule has 256 valence electrons. The molecule has 2 rings (SSSR count). The number of hydrogen-bond donors (Lipinski definition) is 0. The molecule has 0 bridgehead atoms. The number of rotatable bonds is 21. The van der Waals surface area contributed by atoms with Crippen molar-refractivity contribution in [3.63, 3.8) is 0 Å². The molecule has 0 N–H and O–H groups in total. The third-order valence-electron chi connectivity index (χ3n) is 7.20. The third-order valence-corrected chi connectivity index (χ3v) is 23.2. The van der Waals surface area contributed by atoms with Crippen LogP contribution < -0.4 is 4.74 Å². The molecule has 0 aliphatic rings. The maximum atomic E-state index is 12.1. The maximum Gasteiger partial charge on any atom is 0.320 e. The molecule has 0 amide bonds. The average Bonchev–Trinajstić information content (AvgIpc) is 3.04. The monoisotopic (exact) mass is 708 g/mol. The fraction of sp³-hybridized carbons (Fsp3) is 0.559. The summed E-state index contributed by atoms with van der Waals surface area (Å²) in [5.41, 5.74) is 2.86. The minimum atomic E-state index is -1.81. The SMILES string of the molecule is C=CCCCCCC[SiH](C[SiH2]CCC)O[Si](C)(C)OC.CCOc1ccc(C(=O)c2ccccc2)cc1.CO[Si](C)(C)O[SiH2]C. The lowest BCUT2D eigenvalue weighted by Gasteiger charge is -2.27. The molecule has 0 saturated carbocycles. The van der Waals surface area contributed by atoms with Crippen LogP contribution >= 0.6 is 0 Å². The van der Waals surface area contributed by atoms with Gasteiger partial charge in [-0.15, -0.1) is 6.58 Å². The van der Waals surface area contributed by atoms with Crippen molar-refractivity contribution in [2.45, 2.75) is 103 Å². The molecule has 0 fully saturated rings. The van der Waals surface area contributed by atoms with Crippen LogP contribution in [0.1, 0.15) is 68.3 Å². The van der Waals surface area contributed by atoms with Crippen molar-refractivity contribution >= 4 is 51.2 Å². The first kappa shape index (κ1) is 43.6. The zero-order valence-electron chi connectivity index (χ0n) is 30.0. The molecule has 45 heavy (non-hydrogen) atoms. The van der Waals surface area contributed by atoms with Crippen molar-refractivity contribution in [2.24, 2.45) is 0 Å². The summed E-state index contributed by atoms with van der Waals surface area (Å²) in [5.74, 6) is 0.825. The minimum absolute atomic E-state index is 0.0358. The second kappa shape index (κ2) is 26.6. The van der Waals surface area contributed by atoms with E-state index in [2.05, 4.69) is 46.2 Å². The summed E-state index contributed by atoms with van der Waals surface area (Å²) in [4.78, 5) is 12.1. The molecule has 0 aromatic heterocycles. The minimum Gasteiger partial charge on any atom is -0.494 e. The highest BCUT2D eigenvalue weighted by Gasteiger charge is 2.27. The first-order valence-electron chi connectivity index (χ1n) is 16.8. The van der Waals surface area contributed by atoms with Gasteiger partial charge in [0, 0.05) is 34.9 Å². The Labute approximate surface area is 284 Å². The Bertz CT molecular complexity index is 1010.